The lowest BCUT2D eigenvalue weighted by Crippen LogP contribution is -2.41. The molecule has 0 saturated heterocycles. The van der Waals surface area contributed by atoms with Gasteiger partial charge in [-0.15, -0.1) is 12.4 Å². The number of aliphatic carboxylic acids is 1. The third-order valence-corrected chi connectivity index (χ3v) is 1.72. The number of nitrogens with two attached hydrogens (primary N) is 1. The van der Waals surface area contributed by atoms with Crippen LogP contribution in [-0.2, 0) is 10.3 Å². The van der Waals surface area contributed by atoms with Crippen molar-refractivity contribution in [3.05, 3.63) is 30.1 Å². The summed E-state index contributed by atoms with van der Waals surface area (Å²) in [4.78, 5) is 14.4. The summed E-state index contributed by atoms with van der Waals surface area (Å²) in [5, 5.41) is 8.75. The standard InChI is InChI=1S/C8H10N2O2.ClH/c1-8(9,7(11)12)6-2-4-10-5-3-6;/h2-5H,9H2,1H3,(H,11,12);1H. The van der Waals surface area contributed by atoms with Crippen LogP contribution >= 0.6 is 12.4 Å². The second kappa shape index (κ2) is 4.20. The second-order valence-electron chi connectivity index (χ2n) is 2.74. The Kier molecular flexibility index (Phi) is 3.84. The van der Waals surface area contributed by atoms with Gasteiger partial charge in [0, 0.05) is 12.4 Å². The van der Waals surface area contributed by atoms with Gasteiger partial charge in [-0.1, -0.05) is 0 Å². The van der Waals surface area contributed by atoms with Gasteiger partial charge < -0.3 is 10.8 Å². The highest BCUT2D eigenvalue weighted by atomic mass is 35.5. The molecule has 1 heterocycles. The molecule has 1 atom stereocenters. The van der Waals surface area contributed by atoms with Gasteiger partial charge in [0.15, 0.2) is 0 Å². The third kappa shape index (κ3) is 2.40. The predicted octanol–water partition coefficient (Wildman–Crippen LogP) is 0.762. The Balaban J connectivity index is 0.00000144. The van der Waals surface area contributed by atoms with Crippen molar-refractivity contribution >= 4 is 18.4 Å². The zero-order chi connectivity index (χ0) is 9.19. The maximum atomic E-state index is 10.7. The van der Waals surface area contributed by atoms with E-state index >= 15 is 0 Å². The average Bonchev–Trinajstić information content (AvgIpc) is 2.06. The number of nitrogens with zero attached hydrogens (tertiary/aromatic N) is 1. The maximum absolute atomic E-state index is 10.7. The van der Waals surface area contributed by atoms with Gasteiger partial charge in [-0.25, -0.2) is 4.79 Å². The Morgan fingerprint density at radius 2 is 2.00 bits per heavy atom. The quantitative estimate of drug-likeness (QED) is 0.743. The number of halogens is 1. The molecule has 3 N–H and O–H groups in total. The van der Waals surface area contributed by atoms with Crippen LogP contribution in [-0.4, -0.2) is 16.1 Å². The molecule has 1 unspecified atom stereocenters. The van der Waals surface area contributed by atoms with Gasteiger partial charge in [-0.2, -0.15) is 0 Å². The molecule has 0 spiro atoms. The minimum Gasteiger partial charge on any atom is -0.480 e. The van der Waals surface area contributed by atoms with Crippen molar-refractivity contribution in [3.63, 3.8) is 0 Å². The summed E-state index contributed by atoms with van der Waals surface area (Å²) in [6.45, 7) is 1.45. The van der Waals surface area contributed by atoms with Gasteiger partial charge in [0.2, 0.25) is 0 Å². The molecular formula is C8H11ClN2O2. The number of pyridine rings is 1. The highest BCUT2D eigenvalue weighted by Gasteiger charge is 2.29. The van der Waals surface area contributed by atoms with E-state index in [-0.39, 0.29) is 12.4 Å². The summed E-state index contributed by atoms with van der Waals surface area (Å²) >= 11 is 0. The van der Waals surface area contributed by atoms with Crippen LogP contribution in [0.25, 0.3) is 0 Å². The normalized spacial score (nSPS) is 14.0. The van der Waals surface area contributed by atoms with Crippen LogP contribution in [0.15, 0.2) is 24.5 Å². The number of hydrogen-bond donors (Lipinski definition) is 2. The number of carbonyl (C=O) groups is 1. The van der Waals surface area contributed by atoms with Gasteiger partial charge in [-0.3, -0.25) is 4.98 Å². The average molecular weight is 203 g/mol. The predicted molar refractivity (Wildman–Crippen MR) is 50.7 cm³/mol. The van der Waals surface area contributed by atoms with Crippen molar-refractivity contribution in [2.75, 3.05) is 0 Å². The molecule has 5 heteroatoms. The Morgan fingerprint density at radius 3 is 2.38 bits per heavy atom. The molecule has 0 amide bonds. The minimum absolute atomic E-state index is 0. The molecule has 1 rings (SSSR count). The Labute approximate surface area is 82.2 Å². The van der Waals surface area contributed by atoms with Crippen molar-refractivity contribution in [3.8, 4) is 0 Å². The molecule has 1 aromatic heterocycles. The molecule has 0 aliphatic carbocycles. The van der Waals surface area contributed by atoms with E-state index in [1.165, 1.54) is 19.3 Å². The van der Waals surface area contributed by atoms with E-state index in [0.717, 1.165) is 0 Å². The molecule has 0 saturated carbocycles. The fourth-order valence-corrected chi connectivity index (χ4v) is 0.822. The van der Waals surface area contributed by atoms with Crippen molar-refractivity contribution in [2.24, 2.45) is 5.73 Å². The molecule has 1 aromatic rings. The lowest BCUT2D eigenvalue weighted by Gasteiger charge is -2.18. The van der Waals surface area contributed by atoms with Crippen LogP contribution < -0.4 is 5.73 Å². The number of carboxylic acids is 1. The fourth-order valence-electron chi connectivity index (χ4n) is 0.822. The molecular weight excluding hydrogens is 192 g/mol. The summed E-state index contributed by atoms with van der Waals surface area (Å²) in [6, 6.07) is 3.18. The van der Waals surface area contributed by atoms with E-state index in [4.69, 9.17) is 10.8 Å². The molecule has 72 valence electrons. The smallest absolute Gasteiger partial charge is 0.328 e. The van der Waals surface area contributed by atoms with Crippen molar-refractivity contribution in [1.29, 1.82) is 0 Å². The van der Waals surface area contributed by atoms with Gasteiger partial charge in [0.05, 0.1) is 0 Å². The van der Waals surface area contributed by atoms with Crippen LogP contribution in [0.2, 0.25) is 0 Å². The van der Waals surface area contributed by atoms with Crippen LogP contribution in [0.3, 0.4) is 0 Å². The van der Waals surface area contributed by atoms with Crippen LogP contribution in [0, 0.1) is 0 Å². The first-order chi connectivity index (χ1) is 5.55. The summed E-state index contributed by atoms with van der Waals surface area (Å²) < 4.78 is 0. The second-order valence-corrected chi connectivity index (χ2v) is 2.74. The van der Waals surface area contributed by atoms with Gasteiger partial charge in [-0.05, 0) is 24.6 Å². The van der Waals surface area contributed by atoms with Crippen molar-refractivity contribution < 1.29 is 9.90 Å². The minimum atomic E-state index is -1.33. The van der Waals surface area contributed by atoms with Crippen LogP contribution in [0.5, 0.6) is 0 Å². The highest BCUT2D eigenvalue weighted by Crippen LogP contribution is 2.15. The molecule has 0 fully saturated rings. The first kappa shape index (κ1) is 11.9. The Morgan fingerprint density at radius 1 is 1.54 bits per heavy atom. The van der Waals surface area contributed by atoms with Crippen molar-refractivity contribution in [1.82, 2.24) is 4.98 Å². The van der Waals surface area contributed by atoms with E-state index in [2.05, 4.69) is 4.98 Å². The lowest BCUT2D eigenvalue weighted by atomic mass is 9.95. The Hall–Kier alpha value is -1.13. The van der Waals surface area contributed by atoms with E-state index in [1.54, 1.807) is 12.1 Å². The van der Waals surface area contributed by atoms with Crippen molar-refractivity contribution in [2.45, 2.75) is 12.5 Å². The zero-order valence-electron chi connectivity index (χ0n) is 7.10. The van der Waals surface area contributed by atoms with E-state index in [0.29, 0.717) is 5.56 Å². The molecule has 13 heavy (non-hydrogen) atoms. The molecule has 0 aliphatic rings. The van der Waals surface area contributed by atoms with Gasteiger partial charge >= 0.3 is 5.97 Å². The van der Waals surface area contributed by atoms with E-state index in [1.807, 2.05) is 0 Å². The molecule has 0 bridgehead atoms. The van der Waals surface area contributed by atoms with Crippen LogP contribution in [0.1, 0.15) is 12.5 Å². The SMILES string of the molecule is CC(N)(C(=O)O)c1ccncc1.Cl. The molecule has 0 radical (unpaired) electrons. The van der Waals surface area contributed by atoms with Gasteiger partial charge in [0.25, 0.3) is 0 Å². The fraction of sp³-hybridized carbons (Fsp3) is 0.250. The summed E-state index contributed by atoms with van der Waals surface area (Å²) in [6.07, 6.45) is 3.03. The van der Waals surface area contributed by atoms with Crippen LogP contribution in [0.4, 0.5) is 0 Å². The first-order valence-corrected chi connectivity index (χ1v) is 3.48. The first-order valence-electron chi connectivity index (χ1n) is 3.48. The van der Waals surface area contributed by atoms with Gasteiger partial charge in [0.1, 0.15) is 5.54 Å². The number of hydrogen-bond acceptors (Lipinski definition) is 3. The molecule has 0 aromatic carbocycles. The maximum Gasteiger partial charge on any atom is 0.328 e. The molecule has 4 nitrogen and oxygen atoms in total. The number of rotatable bonds is 2. The number of aromatic nitrogens is 1. The number of carboxylic acid groups (broad SMARTS) is 1. The monoisotopic (exact) mass is 202 g/mol. The Bertz CT molecular complexity index is 287. The van der Waals surface area contributed by atoms with E-state index in [9.17, 15) is 4.79 Å². The summed E-state index contributed by atoms with van der Waals surface area (Å²) in [5.41, 5.74) is 4.77. The zero-order valence-corrected chi connectivity index (χ0v) is 7.91. The largest absolute Gasteiger partial charge is 0.480 e. The summed E-state index contributed by atoms with van der Waals surface area (Å²) in [7, 11) is 0. The molecule has 0 aliphatic heterocycles. The van der Waals surface area contributed by atoms with E-state index < -0.39 is 11.5 Å². The highest BCUT2D eigenvalue weighted by molar-refractivity contribution is 5.85. The third-order valence-electron chi connectivity index (χ3n) is 1.72. The lowest BCUT2D eigenvalue weighted by molar-refractivity contribution is -0.143. The topological polar surface area (TPSA) is 76.2 Å². The summed E-state index contributed by atoms with van der Waals surface area (Å²) in [5.74, 6) is -1.05.